The van der Waals surface area contributed by atoms with Gasteiger partial charge in [0.2, 0.25) is 0 Å². The lowest BCUT2D eigenvalue weighted by molar-refractivity contribution is -0.137. The number of alkyl halides is 3. The Morgan fingerprint density at radius 3 is 2.63 bits per heavy atom. The fourth-order valence-electron chi connectivity index (χ4n) is 2.06. The van der Waals surface area contributed by atoms with Crippen molar-refractivity contribution in [3.63, 3.8) is 0 Å². The number of nitrogens with zero attached hydrogens (tertiary/aromatic N) is 3. The monoisotopic (exact) mass is 271 g/mol. The summed E-state index contributed by atoms with van der Waals surface area (Å²) in [7, 11) is 0. The fourth-order valence-corrected chi connectivity index (χ4v) is 2.06. The van der Waals surface area contributed by atoms with Gasteiger partial charge in [0.05, 0.1) is 0 Å². The highest BCUT2D eigenvalue weighted by Gasteiger charge is 2.42. The summed E-state index contributed by atoms with van der Waals surface area (Å²) in [6, 6.07) is 1.57. The number of carbonyl (C=O) groups is 1. The van der Waals surface area contributed by atoms with Crippen LogP contribution in [0, 0.1) is 0 Å². The Labute approximate surface area is 104 Å². The molecule has 100 valence electrons. The number of hydrogen-bond acceptors (Lipinski definition) is 3. The molecule has 1 aliphatic rings. The third kappa shape index (κ3) is 1.83. The van der Waals surface area contributed by atoms with E-state index in [2.05, 4.69) is 10.1 Å². The van der Waals surface area contributed by atoms with Crippen molar-refractivity contribution in [2.45, 2.75) is 24.9 Å². The number of halogens is 3. The molecule has 1 saturated carbocycles. The first-order valence-electron chi connectivity index (χ1n) is 5.57. The highest BCUT2D eigenvalue weighted by molar-refractivity contribution is 5.89. The van der Waals surface area contributed by atoms with Crippen LogP contribution in [0.5, 0.6) is 0 Å². The van der Waals surface area contributed by atoms with Crippen molar-refractivity contribution in [1.29, 1.82) is 0 Å². The molecule has 1 aliphatic carbocycles. The number of aromatic nitrogens is 3. The second-order valence-electron chi connectivity index (χ2n) is 4.41. The van der Waals surface area contributed by atoms with Gasteiger partial charge in [-0.15, -0.1) is 0 Å². The maximum atomic E-state index is 13.0. The maximum absolute atomic E-state index is 13.0. The Bertz CT molecular complexity index is 674. The van der Waals surface area contributed by atoms with Crippen LogP contribution in [0.3, 0.4) is 0 Å². The zero-order valence-electron chi connectivity index (χ0n) is 9.48. The van der Waals surface area contributed by atoms with E-state index in [0.717, 1.165) is 17.4 Å². The summed E-state index contributed by atoms with van der Waals surface area (Å²) in [6.45, 7) is 0. The van der Waals surface area contributed by atoms with E-state index in [1.54, 1.807) is 6.07 Å². The summed E-state index contributed by atoms with van der Waals surface area (Å²) in [6.07, 6.45) is -1.82. The first kappa shape index (κ1) is 11.9. The molecular weight excluding hydrogens is 263 g/mol. The van der Waals surface area contributed by atoms with E-state index < -0.39 is 29.1 Å². The van der Waals surface area contributed by atoms with Gasteiger partial charge in [0.1, 0.15) is 5.56 Å². The lowest BCUT2D eigenvalue weighted by Crippen LogP contribution is -2.11. The van der Waals surface area contributed by atoms with E-state index in [1.165, 1.54) is 6.20 Å². The first-order valence-corrected chi connectivity index (χ1v) is 5.57. The van der Waals surface area contributed by atoms with E-state index in [4.69, 9.17) is 5.11 Å². The van der Waals surface area contributed by atoms with Gasteiger partial charge in [-0.2, -0.15) is 18.3 Å². The van der Waals surface area contributed by atoms with Gasteiger partial charge in [0.25, 0.3) is 0 Å². The van der Waals surface area contributed by atoms with Crippen molar-refractivity contribution in [3.8, 4) is 0 Å². The van der Waals surface area contributed by atoms with Gasteiger partial charge in [0, 0.05) is 17.8 Å². The van der Waals surface area contributed by atoms with Crippen LogP contribution >= 0.6 is 0 Å². The molecule has 2 heterocycles. The average molecular weight is 271 g/mol. The molecule has 0 atom stereocenters. The third-order valence-electron chi connectivity index (χ3n) is 3.03. The van der Waals surface area contributed by atoms with Crippen molar-refractivity contribution in [2.75, 3.05) is 0 Å². The predicted molar refractivity (Wildman–Crippen MR) is 56.9 cm³/mol. The molecule has 2 aromatic heterocycles. The normalized spacial score (nSPS) is 15.9. The third-order valence-corrected chi connectivity index (χ3v) is 3.03. The minimum atomic E-state index is -4.80. The molecular formula is C11H8F3N3O2. The molecule has 0 spiro atoms. The standard InChI is InChI=1S/C11H8F3N3O2/c12-11(13,14)7-8(10(18)19)16-17-6(5-1-2-5)3-4-15-9(7)17/h3-5H,1-2H2,(H,18,19). The van der Waals surface area contributed by atoms with Gasteiger partial charge in [-0.05, 0) is 18.9 Å². The maximum Gasteiger partial charge on any atom is 0.422 e. The molecule has 0 aliphatic heterocycles. The number of rotatable bonds is 2. The quantitative estimate of drug-likeness (QED) is 0.910. The van der Waals surface area contributed by atoms with Gasteiger partial charge < -0.3 is 5.11 Å². The van der Waals surface area contributed by atoms with Crippen LogP contribution in [0.2, 0.25) is 0 Å². The Kier molecular flexibility index (Phi) is 2.32. The smallest absolute Gasteiger partial charge is 0.422 e. The van der Waals surface area contributed by atoms with Crippen molar-refractivity contribution in [1.82, 2.24) is 14.6 Å². The van der Waals surface area contributed by atoms with Gasteiger partial charge in [0.15, 0.2) is 11.3 Å². The second kappa shape index (κ2) is 3.69. The van der Waals surface area contributed by atoms with E-state index in [0.29, 0.717) is 5.69 Å². The molecule has 1 N–H and O–H groups in total. The Morgan fingerprint density at radius 2 is 2.11 bits per heavy atom. The minimum absolute atomic E-state index is 0.133. The lowest BCUT2D eigenvalue weighted by Gasteiger charge is -2.05. The molecule has 0 saturated heterocycles. The highest BCUT2D eigenvalue weighted by Crippen LogP contribution is 2.41. The summed E-state index contributed by atoms with van der Waals surface area (Å²) in [5.41, 5.74) is -2.17. The average Bonchev–Trinajstić information content (AvgIpc) is 3.05. The molecule has 1 fully saturated rings. The largest absolute Gasteiger partial charge is 0.476 e. The predicted octanol–water partition coefficient (Wildman–Crippen LogP) is 2.32. The molecule has 19 heavy (non-hydrogen) atoms. The molecule has 0 unspecified atom stereocenters. The summed E-state index contributed by atoms with van der Waals surface area (Å²) in [4.78, 5) is 14.6. The first-order chi connectivity index (χ1) is 8.89. The van der Waals surface area contributed by atoms with Crippen molar-refractivity contribution in [2.24, 2.45) is 0 Å². The Morgan fingerprint density at radius 1 is 1.42 bits per heavy atom. The molecule has 5 nitrogen and oxygen atoms in total. The van der Waals surface area contributed by atoms with Crippen LogP contribution < -0.4 is 0 Å². The van der Waals surface area contributed by atoms with Gasteiger partial charge in [-0.1, -0.05) is 0 Å². The minimum Gasteiger partial charge on any atom is -0.476 e. The topological polar surface area (TPSA) is 67.5 Å². The number of carboxylic acids is 1. The molecule has 0 bridgehead atoms. The zero-order chi connectivity index (χ0) is 13.8. The zero-order valence-corrected chi connectivity index (χ0v) is 9.48. The molecule has 0 amide bonds. The summed E-state index contributed by atoms with van der Waals surface area (Å²) in [5.74, 6) is -1.58. The SMILES string of the molecule is O=C(O)c1nn2c(C3CC3)ccnc2c1C(F)(F)F. The summed E-state index contributed by atoms with van der Waals surface area (Å²) >= 11 is 0. The van der Waals surface area contributed by atoms with Crippen LogP contribution in [-0.4, -0.2) is 25.7 Å². The van der Waals surface area contributed by atoms with E-state index in [1.807, 2.05) is 0 Å². The summed E-state index contributed by atoms with van der Waals surface area (Å²) < 4.78 is 39.9. The molecule has 8 heteroatoms. The van der Waals surface area contributed by atoms with Crippen LogP contribution in [0.4, 0.5) is 13.2 Å². The number of fused-ring (bicyclic) bond motifs is 1. The number of carboxylic acid groups (broad SMARTS) is 1. The van der Waals surface area contributed by atoms with Crippen molar-refractivity contribution >= 4 is 11.6 Å². The Balaban J connectivity index is 2.35. The van der Waals surface area contributed by atoms with Crippen LogP contribution in [0.15, 0.2) is 12.3 Å². The summed E-state index contributed by atoms with van der Waals surface area (Å²) in [5, 5.41) is 12.4. The highest BCUT2D eigenvalue weighted by atomic mass is 19.4. The van der Waals surface area contributed by atoms with Crippen LogP contribution in [0.1, 0.15) is 40.5 Å². The molecule has 0 aromatic carbocycles. The lowest BCUT2D eigenvalue weighted by atomic mass is 10.2. The van der Waals surface area contributed by atoms with Crippen LogP contribution in [-0.2, 0) is 6.18 Å². The Hall–Kier alpha value is -2.12. The van der Waals surface area contributed by atoms with Gasteiger partial charge in [-0.3, -0.25) is 0 Å². The van der Waals surface area contributed by atoms with Gasteiger partial charge in [-0.25, -0.2) is 14.3 Å². The number of aromatic carboxylic acids is 1. The van der Waals surface area contributed by atoms with E-state index in [9.17, 15) is 18.0 Å². The molecule has 2 aromatic rings. The second-order valence-corrected chi connectivity index (χ2v) is 4.41. The molecule has 0 radical (unpaired) electrons. The van der Waals surface area contributed by atoms with Gasteiger partial charge >= 0.3 is 12.1 Å². The fraction of sp³-hybridized carbons (Fsp3) is 0.364. The molecule has 3 rings (SSSR count). The van der Waals surface area contributed by atoms with Crippen molar-refractivity contribution in [3.05, 3.63) is 29.2 Å². The number of hydrogen-bond donors (Lipinski definition) is 1. The van der Waals surface area contributed by atoms with E-state index in [-0.39, 0.29) is 5.92 Å². The van der Waals surface area contributed by atoms with E-state index >= 15 is 0 Å². The van der Waals surface area contributed by atoms with Crippen LogP contribution in [0.25, 0.3) is 5.65 Å². The van der Waals surface area contributed by atoms with Crippen molar-refractivity contribution < 1.29 is 23.1 Å².